The van der Waals surface area contributed by atoms with E-state index in [4.69, 9.17) is 24.7 Å². The van der Waals surface area contributed by atoms with Crippen molar-refractivity contribution in [1.29, 1.82) is 0 Å². The number of carbonyl (C=O) groups excluding carboxylic acids is 4. The van der Waals surface area contributed by atoms with Crippen LogP contribution in [0.3, 0.4) is 0 Å². The number of nitrogens with zero attached hydrogens (tertiary/aromatic N) is 2. The van der Waals surface area contributed by atoms with Crippen LogP contribution < -0.4 is 5.73 Å². The molecule has 194 valence electrons. The molecule has 0 bridgehead atoms. The van der Waals surface area contributed by atoms with Crippen LogP contribution in [-0.4, -0.2) is 63.4 Å². The lowest BCUT2D eigenvalue weighted by atomic mass is 9.91. The molecular weight excluding hydrogens is 480 g/mol. The zero-order valence-corrected chi connectivity index (χ0v) is 21.5. The van der Waals surface area contributed by atoms with Crippen LogP contribution in [0.15, 0.2) is 11.5 Å². The molecule has 2 saturated carbocycles. The topological polar surface area (TPSA) is 173 Å². The van der Waals surface area contributed by atoms with Crippen molar-refractivity contribution in [1.82, 2.24) is 15.2 Å². The molecule has 0 aliphatic heterocycles. The van der Waals surface area contributed by atoms with E-state index in [1.54, 1.807) is 41.5 Å². The van der Waals surface area contributed by atoms with Gasteiger partial charge in [0.2, 0.25) is 18.7 Å². The molecule has 0 unspecified atom stereocenters. The lowest BCUT2D eigenvalue weighted by Crippen LogP contribution is -2.52. The maximum atomic E-state index is 13.0. The summed E-state index contributed by atoms with van der Waals surface area (Å²) in [6.07, 6.45) is 1.63. The molecule has 35 heavy (non-hydrogen) atoms. The normalized spacial score (nSPS) is 27.5. The van der Waals surface area contributed by atoms with Crippen LogP contribution in [0.1, 0.15) is 48.0 Å². The molecule has 0 aromatic carbocycles. The molecule has 13 heteroatoms. The molecule has 1 aromatic rings. The summed E-state index contributed by atoms with van der Waals surface area (Å²) in [5, 5.41) is 6.82. The first kappa shape index (κ1) is 26.9. The minimum Gasteiger partial charge on any atom is -0.428 e. The van der Waals surface area contributed by atoms with E-state index in [0.29, 0.717) is 5.16 Å². The van der Waals surface area contributed by atoms with Crippen LogP contribution >= 0.6 is 11.8 Å². The first-order valence-corrected chi connectivity index (χ1v) is 12.0. The molecule has 12 nitrogen and oxygen atoms in total. The van der Waals surface area contributed by atoms with Gasteiger partial charge in [0, 0.05) is 11.2 Å². The molecule has 5 atom stereocenters. The van der Waals surface area contributed by atoms with E-state index >= 15 is 0 Å². The van der Waals surface area contributed by atoms with Crippen molar-refractivity contribution < 1.29 is 38.1 Å². The summed E-state index contributed by atoms with van der Waals surface area (Å²) in [5.41, 5.74) is 3.50. The second-order valence-electron chi connectivity index (χ2n) is 10.8. The summed E-state index contributed by atoms with van der Waals surface area (Å²) in [5.74, 6) is -3.99. The van der Waals surface area contributed by atoms with Crippen LogP contribution in [0.5, 0.6) is 0 Å². The highest BCUT2D eigenvalue weighted by Crippen LogP contribution is 2.65. The first-order valence-electron chi connectivity index (χ1n) is 11.2. The minimum atomic E-state index is -1.50. The number of aromatic amines is 1. The number of thioether (sulfide) groups is 1. The monoisotopic (exact) mass is 512 g/mol. The number of esters is 4. The second-order valence-corrected chi connectivity index (χ2v) is 12.0. The molecule has 2 fully saturated rings. The average molecular weight is 513 g/mol. The Bertz CT molecular complexity index is 971. The fourth-order valence-corrected chi connectivity index (χ4v) is 5.38. The van der Waals surface area contributed by atoms with E-state index in [1.807, 2.05) is 0 Å². The Morgan fingerprint density at radius 3 is 2.11 bits per heavy atom. The molecule has 0 radical (unpaired) electrons. The van der Waals surface area contributed by atoms with Crippen LogP contribution in [0.25, 0.3) is 0 Å². The number of hydrogen-bond acceptors (Lipinski definition) is 12. The number of hydrogen-bond donors (Lipinski definition) is 2. The van der Waals surface area contributed by atoms with Gasteiger partial charge in [0.15, 0.2) is 0 Å². The van der Waals surface area contributed by atoms with E-state index < -0.39 is 65.7 Å². The Morgan fingerprint density at radius 2 is 1.60 bits per heavy atom. The van der Waals surface area contributed by atoms with Crippen LogP contribution in [0, 0.1) is 28.6 Å². The summed E-state index contributed by atoms with van der Waals surface area (Å²) in [7, 11) is 0. The van der Waals surface area contributed by atoms with Crippen LogP contribution in [-0.2, 0) is 38.1 Å². The Labute approximate surface area is 207 Å². The number of nitrogens with two attached hydrogens (primary N) is 1. The number of carbonyl (C=O) groups is 4. The number of aromatic nitrogens is 3. The van der Waals surface area contributed by atoms with Gasteiger partial charge in [-0.3, -0.25) is 19.5 Å². The van der Waals surface area contributed by atoms with E-state index in [-0.39, 0.29) is 17.6 Å². The number of nitrogens with one attached hydrogen (secondary N) is 1. The van der Waals surface area contributed by atoms with Crippen molar-refractivity contribution >= 4 is 35.6 Å². The number of rotatable bonds is 8. The first-order chi connectivity index (χ1) is 16.2. The molecule has 0 spiro atoms. The Morgan fingerprint density at radius 1 is 1.03 bits per heavy atom. The van der Waals surface area contributed by atoms with Gasteiger partial charge in [0.05, 0.1) is 16.7 Å². The summed E-state index contributed by atoms with van der Waals surface area (Å²) >= 11 is 1.29. The van der Waals surface area contributed by atoms with Gasteiger partial charge in [-0.1, -0.05) is 11.8 Å². The fraction of sp³-hybridized carbons (Fsp3) is 0.727. The van der Waals surface area contributed by atoms with E-state index in [2.05, 4.69) is 15.2 Å². The summed E-state index contributed by atoms with van der Waals surface area (Å²) in [4.78, 5) is 53.7. The number of fused-ring (bicyclic) bond motifs is 1. The third-order valence-corrected chi connectivity index (χ3v) is 7.13. The summed E-state index contributed by atoms with van der Waals surface area (Å²) in [6.45, 7) is 8.95. The number of ether oxygens (including phenoxy) is 4. The maximum absolute atomic E-state index is 13.0. The molecule has 0 amide bonds. The minimum absolute atomic E-state index is 0.205. The predicted octanol–water partition coefficient (Wildman–Crippen LogP) is 1.41. The molecule has 3 N–H and O–H groups in total. The van der Waals surface area contributed by atoms with Crippen molar-refractivity contribution in [2.75, 3.05) is 13.6 Å². The van der Waals surface area contributed by atoms with Gasteiger partial charge in [-0.05, 0) is 53.9 Å². The van der Waals surface area contributed by atoms with E-state index in [1.165, 1.54) is 18.1 Å². The molecule has 1 aromatic heterocycles. The Kier molecular flexibility index (Phi) is 7.51. The summed E-state index contributed by atoms with van der Waals surface area (Å²) in [6, 6.07) is 0. The Hall–Kier alpha value is -2.67. The highest BCUT2D eigenvalue weighted by molar-refractivity contribution is 7.99. The fourth-order valence-electron chi connectivity index (χ4n) is 4.04. The van der Waals surface area contributed by atoms with Gasteiger partial charge < -0.3 is 24.7 Å². The van der Waals surface area contributed by atoms with Crippen LogP contribution in [0.4, 0.5) is 0 Å². The van der Waals surface area contributed by atoms with Gasteiger partial charge in [0.1, 0.15) is 11.9 Å². The van der Waals surface area contributed by atoms with Crippen molar-refractivity contribution in [2.45, 2.75) is 63.9 Å². The molecule has 3 rings (SSSR count). The smallest absolute Gasteiger partial charge is 0.329 e. The van der Waals surface area contributed by atoms with Crippen molar-refractivity contribution in [3.8, 4) is 0 Å². The lowest BCUT2D eigenvalue weighted by Gasteiger charge is -2.27. The van der Waals surface area contributed by atoms with Gasteiger partial charge in [-0.15, -0.1) is 5.10 Å². The zero-order valence-electron chi connectivity index (χ0n) is 20.7. The van der Waals surface area contributed by atoms with Gasteiger partial charge >= 0.3 is 23.9 Å². The predicted molar refractivity (Wildman–Crippen MR) is 121 cm³/mol. The van der Waals surface area contributed by atoms with Crippen LogP contribution in [0.2, 0.25) is 0 Å². The maximum Gasteiger partial charge on any atom is 0.329 e. The van der Waals surface area contributed by atoms with E-state index in [0.717, 1.165) is 0 Å². The second kappa shape index (κ2) is 9.76. The van der Waals surface area contributed by atoms with Gasteiger partial charge in [-0.2, -0.15) is 0 Å². The molecular formula is C22H32N4O8S. The van der Waals surface area contributed by atoms with Gasteiger partial charge in [0.25, 0.3) is 0 Å². The van der Waals surface area contributed by atoms with Crippen molar-refractivity contribution in [3.05, 3.63) is 6.33 Å². The van der Waals surface area contributed by atoms with Crippen molar-refractivity contribution in [3.63, 3.8) is 0 Å². The number of H-pyrrole nitrogens is 1. The SMILES string of the molecule is CC(C)(C)C(=O)OCOC(=O)[C@H]1[C@H]2[C@@H]1[C@](N)(C(=O)OCOC(=O)C(C)(C)C)C[C@@H]2Sc1nc[nH]n1. The molecule has 0 saturated heterocycles. The molecule has 1 heterocycles. The van der Waals surface area contributed by atoms with E-state index in [9.17, 15) is 19.2 Å². The highest BCUT2D eigenvalue weighted by Gasteiger charge is 2.74. The largest absolute Gasteiger partial charge is 0.428 e. The molecule has 2 aliphatic carbocycles. The highest BCUT2D eigenvalue weighted by atomic mass is 32.2. The quantitative estimate of drug-likeness (QED) is 0.379. The summed E-state index contributed by atoms with van der Waals surface area (Å²) < 4.78 is 20.4. The third-order valence-electron chi connectivity index (χ3n) is 5.94. The van der Waals surface area contributed by atoms with Crippen molar-refractivity contribution in [2.24, 2.45) is 34.3 Å². The molecule has 2 aliphatic rings. The third kappa shape index (κ3) is 5.95. The van der Waals surface area contributed by atoms with Gasteiger partial charge in [-0.25, -0.2) is 9.78 Å². The average Bonchev–Trinajstić information content (AvgIpc) is 3.17. The standard InChI is InChI=1S/C22H32N4O8S/c1-20(2,3)16(28)32-9-31-15(27)13-12-11(35-19-24-8-25-26-19)7-22(23,14(12)13)18(30)34-10-33-17(29)21(4,5)6/h8,11-14H,7,9-10,23H2,1-6H3,(H,24,25,26)/t11-,12-,13-,14-,22-/m0/s1. The Balaban J connectivity index is 1.65. The lowest BCUT2D eigenvalue weighted by molar-refractivity contribution is -0.176. The zero-order chi connectivity index (χ0) is 26.2.